The van der Waals surface area contributed by atoms with E-state index in [1.807, 2.05) is 23.1 Å². The van der Waals surface area contributed by atoms with Crippen LogP contribution in [0.2, 0.25) is 0 Å². The maximum Gasteiger partial charge on any atom is 0.236 e. The van der Waals surface area contributed by atoms with Gasteiger partial charge in [-0.25, -0.2) is 9.97 Å². The molecule has 4 atom stereocenters. The Morgan fingerprint density at radius 1 is 1.32 bits per heavy atom. The van der Waals surface area contributed by atoms with E-state index < -0.39 is 6.10 Å². The number of rotatable bonds is 7. The molecule has 1 amide bonds. The topological polar surface area (TPSA) is 105 Å². The number of carbonyl (C=O) groups is 1. The highest BCUT2D eigenvalue weighted by molar-refractivity contribution is 6.05. The van der Waals surface area contributed by atoms with Crippen molar-refractivity contribution in [1.82, 2.24) is 15.3 Å². The molecule has 8 nitrogen and oxygen atoms in total. The van der Waals surface area contributed by atoms with E-state index in [0.717, 1.165) is 60.7 Å². The summed E-state index contributed by atoms with van der Waals surface area (Å²) in [5, 5.41) is 23.4. The van der Waals surface area contributed by atoms with Crippen molar-refractivity contribution >= 4 is 17.4 Å². The molecule has 34 heavy (non-hydrogen) atoms. The summed E-state index contributed by atoms with van der Waals surface area (Å²) in [6.07, 6.45) is 4.65. The van der Waals surface area contributed by atoms with Gasteiger partial charge in [0.15, 0.2) is 0 Å². The van der Waals surface area contributed by atoms with Crippen molar-refractivity contribution < 1.29 is 9.90 Å². The summed E-state index contributed by atoms with van der Waals surface area (Å²) in [6.45, 7) is 7.10. The fraction of sp³-hybridized carbons (Fsp3) is 0.538. The number of aromatic nitrogens is 2. The van der Waals surface area contributed by atoms with Crippen LogP contribution in [0, 0.1) is 11.3 Å². The predicted molar refractivity (Wildman–Crippen MR) is 130 cm³/mol. The van der Waals surface area contributed by atoms with Gasteiger partial charge in [-0.1, -0.05) is 19.9 Å². The number of fused-ring (bicyclic) bond motifs is 2. The second kappa shape index (κ2) is 9.32. The second-order valence-corrected chi connectivity index (χ2v) is 9.69. The van der Waals surface area contributed by atoms with Crippen LogP contribution in [0.5, 0.6) is 0 Å². The summed E-state index contributed by atoms with van der Waals surface area (Å²) in [7, 11) is 0. The molecule has 1 aliphatic carbocycles. The molecule has 2 N–H and O–H groups in total. The predicted octanol–water partition coefficient (Wildman–Crippen LogP) is 2.99. The number of benzene rings is 1. The second-order valence-electron chi connectivity index (χ2n) is 9.69. The quantitative estimate of drug-likeness (QED) is 0.654. The molecule has 2 aliphatic heterocycles. The molecule has 3 aliphatic rings. The van der Waals surface area contributed by atoms with E-state index in [1.165, 1.54) is 6.33 Å². The first kappa shape index (κ1) is 22.8. The van der Waals surface area contributed by atoms with E-state index >= 15 is 0 Å². The summed E-state index contributed by atoms with van der Waals surface area (Å²) in [6, 6.07) is 7.99. The highest BCUT2D eigenvalue weighted by atomic mass is 16.3. The lowest BCUT2D eigenvalue weighted by atomic mass is 9.91. The van der Waals surface area contributed by atoms with Crippen molar-refractivity contribution in [3.8, 4) is 6.07 Å². The van der Waals surface area contributed by atoms with E-state index in [2.05, 4.69) is 40.1 Å². The summed E-state index contributed by atoms with van der Waals surface area (Å²) < 4.78 is 0. The van der Waals surface area contributed by atoms with Crippen LogP contribution >= 0.6 is 0 Å². The van der Waals surface area contributed by atoms with Crippen LogP contribution in [0.3, 0.4) is 0 Å². The third kappa shape index (κ3) is 3.83. The summed E-state index contributed by atoms with van der Waals surface area (Å²) in [5.41, 5.74) is 4.20. The maximum absolute atomic E-state index is 13.7. The molecule has 0 saturated carbocycles. The van der Waals surface area contributed by atoms with Crippen LogP contribution in [0.25, 0.3) is 0 Å². The third-order valence-corrected chi connectivity index (χ3v) is 7.48. The van der Waals surface area contributed by atoms with Gasteiger partial charge in [-0.15, -0.1) is 0 Å². The molecule has 178 valence electrons. The minimum absolute atomic E-state index is 0.109. The molecule has 3 heterocycles. The first-order valence-electron chi connectivity index (χ1n) is 12.4. The molecule has 2 aromatic rings. The standard InChI is InChI=1S/C26H32N6O2/c1-3-9-31(25-22-16(2)12-21(33)24(22)29-15-30-25)10-11-32-20-13-17(14-27)6-7-18(20)23(26(32)34)19-5-4-8-28-19/h6-7,13,15-16,19,21,23,28,33H,3-5,8-12H2,1-2H3/t16-,19+,21-,23+/m1/s1. The largest absolute Gasteiger partial charge is 0.387 e. The number of hydrogen-bond donors (Lipinski definition) is 2. The Hall–Kier alpha value is -3.02. The zero-order chi connectivity index (χ0) is 23.8. The highest BCUT2D eigenvalue weighted by Crippen LogP contribution is 2.44. The Morgan fingerprint density at radius 2 is 2.18 bits per heavy atom. The van der Waals surface area contributed by atoms with Crippen LogP contribution in [0.4, 0.5) is 11.5 Å². The number of hydrogen-bond acceptors (Lipinski definition) is 7. The van der Waals surface area contributed by atoms with Crippen molar-refractivity contribution in [3.05, 3.63) is 46.9 Å². The summed E-state index contributed by atoms with van der Waals surface area (Å²) >= 11 is 0. The molecule has 0 bridgehead atoms. The molecule has 0 unspecified atom stereocenters. The van der Waals surface area contributed by atoms with Crippen LogP contribution in [-0.2, 0) is 4.79 Å². The number of amides is 1. The lowest BCUT2D eigenvalue weighted by Gasteiger charge is -2.29. The average Bonchev–Trinajstić information content (AvgIpc) is 3.53. The Kier molecular flexibility index (Phi) is 6.24. The molecule has 1 aromatic carbocycles. The molecule has 8 heteroatoms. The van der Waals surface area contributed by atoms with Crippen LogP contribution in [-0.4, -0.2) is 53.2 Å². The summed E-state index contributed by atoms with van der Waals surface area (Å²) in [4.78, 5) is 26.7. The van der Waals surface area contributed by atoms with E-state index in [0.29, 0.717) is 25.1 Å². The molecule has 1 fully saturated rings. The number of nitrogens with one attached hydrogen (secondary N) is 1. The minimum Gasteiger partial charge on any atom is -0.387 e. The zero-order valence-corrected chi connectivity index (χ0v) is 19.9. The molecule has 5 rings (SSSR count). The fourth-order valence-electron chi connectivity index (χ4n) is 5.91. The van der Waals surface area contributed by atoms with Crippen molar-refractivity contribution in [2.24, 2.45) is 0 Å². The van der Waals surface area contributed by atoms with Gasteiger partial charge >= 0.3 is 0 Å². The molecule has 1 aromatic heterocycles. The molecular formula is C26H32N6O2. The van der Waals surface area contributed by atoms with Crippen LogP contribution in [0.1, 0.15) is 79.9 Å². The lowest BCUT2D eigenvalue weighted by Crippen LogP contribution is -2.41. The Morgan fingerprint density at radius 3 is 2.91 bits per heavy atom. The van der Waals surface area contributed by atoms with Crippen molar-refractivity contribution in [2.45, 2.75) is 63.5 Å². The monoisotopic (exact) mass is 460 g/mol. The van der Waals surface area contributed by atoms with Gasteiger partial charge in [-0.3, -0.25) is 4.79 Å². The van der Waals surface area contributed by atoms with E-state index in [1.54, 1.807) is 0 Å². The van der Waals surface area contributed by atoms with Gasteiger partial charge in [0, 0.05) is 36.9 Å². The van der Waals surface area contributed by atoms with E-state index in [4.69, 9.17) is 0 Å². The van der Waals surface area contributed by atoms with Gasteiger partial charge in [0.2, 0.25) is 5.91 Å². The zero-order valence-electron chi connectivity index (χ0n) is 19.9. The number of aliphatic hydroxyl groups is 1. The smallest absolute Gasteiger partial charge is 0.236 e. The lowest BCUT2D eigenvalue weighted by molar-refractivity contribution is -0.119. The maximum atomic E-state index is 13.7. The fourth-order valence-corrected chi connectivity index (χ4v) is 5.91. The Labute approximate surface area is 200 Å². The van der Waals surface area contributed by atoms with Crippen molar-refractivity contribution in [3.63, 3.8) is 0 Å². The number of nitriles is 1. The van der Waals surface area contributed by atoms with E-state index in [-0.39, 0.29) is 23.8 Å². The SMILES string of the molecule is CCCN(CCN1C(=O)[C@H]([C@@H]2CCCN2)c2ccc(C#N)cc21)c1ncnc2c1[C@H](C)C[C@H]2O. The average molecular weight is 461 g/mol. The first-order valence-corrected chi connectivity index (χ1v) is 12.4. The van der Waals surface area contributed by atoms with E-state index in [9.17, 15) is 15.2 Å². The number of aliphatic hydroxyl groups excluding tert-OH is 1. The normalized spacial score (nSPS) is 25.4. The molecule has 1 saturated heterocycles. The van der Waals surface area contributed by atoms with Crippen molar-refractivity contribution in [1.29, 1.82) is 5.26 Å². The Balaban J connectivity index is 1.44. The molecule has 0 radical (unpaired) electrons. The highest BCUT2D eigenvalue weighted by Gasteiger charge is 2.43. The van der Waals surface area contributed by atoms with Gasteiger partial charge < -0.3 is 20.2 Å². The first-order chi connectivity index (χ1) is 16.5. The number of carbonyl (C=O) groups excluding carboxylic acids is 1. The Bertz CT molecular complexity index is 1120. The third-order valence-electron chi connectivity index (χ3n) is 7.48. The van der Waals surface area contributed by atoms with Gasteiger partial charge in [-0.2, -0.15) is 5.26 Å². The van der Waals surface area contributed by atoms with Crippen molar-refractivity contribution in [2.75, 3.05) is 36.0 Å². The molecular weight excluding hydrogens is 428 g/mol. The number of anilines is 2. The minimum atomic E-state index is -0.550. The van der Waals surface area contributed by atoms with Gasteiger partial charge in [0.25, 0.3) is 0 Å². The summed E-state index contributed by atoms with van der Waals surface area (Å²) in [5.74, 6) is 0.953. The van der Waals surface area contributed by atoms with Crippen LogP contribution < -0.4 is 15.1 Å². The molecule has 0 spiro atoms. The van der Waals surface area contributed by atoms with Crippen LogP contribution in [0.15, 0.2) is 24.5 Å². The van der Waals surface area contributed by atoms with Gasteiger partial charge in [0.1, 0.15) is 12.1 Å². The van der Waals surface area contributed by atoms with Gasteiger partial charge in [-0.05, 0) is 55.8 Å². The van der Waals surface area contributed by atoms with Gasteiger partial charge in [0.05, 0.1) is 29.3 Å². The number of nitrogens with zero attached hydrogens (tertiary/aromatic N) is 5.